The Bertz CT molecular complexity index is 286. The number of methoxy groups -OCH3 is 1. The van der Waals surface area contributed by atoms with Crippen molar-refractivity contribution < 1.29 is 4.74 Å². The minimum absolute atomic E-state index is 0.0899. The van der Waals surface area contributed by atoms with Crippen LogP contribution in [0.2, 0.25) is 0 Å². The summed E-state index contributed by atoms with van der Waals surface area (Å²) in [6.45, 7) is 2.49. The average Bonchev–Trinajstić information content (AvgIpc) is 2.10. The number of benzene rings is 1. The number of hydrogen-bond donors (Lipinski definition) is 2. The molecular weight excluding hydrogens is 164 g/mol. The Hall–Kier alpha value is -1.06. The molecule has 0 saturated heterocycles. The quantitative estimate of drug-likeness (QED) is 0.687. The molecule has 3 heteroatoms. The minimum Gasteiger partial charge on any atom is -0.399 e. The van der Waals surface area contributed by atoms with E-state index in [0.717, 1.165) is 16.8 Å². The van der Waals surface area contributed by atoms with Gasteiger partial charge in [0, 0.05) is 12.8 Å². The molecule has 13 heavy (non-hydrogen) atoms. The summed E-state index contributed by atoms with van der Waals surface area (Å²) >= 11 is 0. The van der Waals surface area contributed by atoms with Gasteiger partial charge in [0.15, 0.2) is 0 Å². The van der Waals surface area contributed by atoms with Crippen molar-refractivity contribution in [3.05, 3.63) is 29.3 Å². The molecule has 4 N–H and O–H groups in total. The summed E-state index contributed by atoms with van der Waals surface area (Å²) in [7, 11) is 1.64. The normalized spacial score (nSPS) is 12.8. The van der Waals surface area contributed by atoms with E-state index in [0.29, 0.717) is 6.61 Å². The van der Waals surface area contributed by atoms with Gasteiger partial charge in [-0.1, -0.05) is 12.1 Å². The highest BCUT2D eigenvalue weighted by Crippen LogP contribution is 2.17. The topological polar surface area (TPSA) is 61.3 Å². The molecule has 0 amide bonds. The number of ether oxygens (including phenoxy) is 1. The first-order valence-corrected chi connectivity index (χ1v) is 4.25. The van der Waals surface area contributed by atoms with Crippen LogP contribution in [0.25, 0.3) is 0 Å². The zero-order valence-corrected chi connectivity index (χ0v) is 8.08. The molecule has 72 valence electrons. The van der Waals surface area contributed by atoms with E-state index in [-0.39, 0.29) is 6.04 Å². The van der Waals surface area contributed by atoms with Gasteiger partial charge in [0.2, 0.25) is 0 Å². The molecule has 1 rings (SSSR count). The van der Waals surface area contributed by atoms with Crippen molar-refractivity contribution in [1.82, 2.24) is 0 Å². The summed E-state index contributed by atoms with van der Waals surface area (Å²) in [4.78, 5) is 0. The lowest BCUT2D eigenvalue weighted by atomic mass is 10.1. The molecule has 0 fully saturated rings. The van der Waals surface area contributed by atoms with Gasteiger partial charge in [-0.25, -0.2) is 0 Å². The standard InChI is InChI=1S/C10H16N2O/c1-7-3-4-8(5-9(7)11)10(12)6-13-2/h3-5,10H,6,11-12H2,1-2H3/t10-/m0/s1. The molecule has 0 radical (unpaired) electrons. The maximum Gasteiger partial charge on any atom is 0.0655 e. The second-order valence-electron chi connectivity index (χ2n) is 3.18. The van der Waals surface area contributed by atoms with Gasteiger partial charge >= 0.3 is 0 Å². The van der Waals surface area contributed by atoms with Crippen LogP contribution in [0, 0.1) is 6.92 Å². The highest BCUT2D eigenvalue weighted by atomic mass is 16.5. The number of nitrogen functional groups attached to an aromatic ring is 1. The Morgan fingerprint density at radius 1 is 1.46 bits per heavy atom. The molecule has 0 bridgehead atoms. The smallest absolute Gasteiger partial charge is 0.0655 e. The van der Waals surface area contributed by atoms with Crippen molar-refractivity contribution in [2.45, 2.75) is 13.0 Å². The Morgan fingerprint density at radius 2 is 2.15 bits per heavy atom. The van der Waals surface area contributed by atoms with Gasteiger partial charge in [-0.15, -0.1) is 0 Å². The highest BCUT2D eigenvalue weighted by molar-refractivity contribution is 5.48. The highest BCUT2D eigenvalue weighted by Gasteiger charge is 2.05. The third-order valence-electron chi connectivity index (χ3n) is 2.08. The van der Waals surface area contributed by atoms with E-state index in [4.69, 9.17) is 16.2 Å². The lowest BCUT2D eigenvalue weighted by Gasteiger charge is -2.12. The molecule has 0 unspecified atom stereocenters. The van der Waals surface area contributed by atoms with Crippen LogP contribution in [-0.4, -0.2) is 13.7 Å². The monoisotopic (exact) mass is 180 g/mol. The summed E-state index contributed by atoms with van der Waals surface area (Å²) in [6, 6.07) is 5.77. The summed E-state index contributed by atoms with van der Waals surface area (Å²) in [5.74, 6) is 0. The van der Waals surface area contributed by atoms with Gasteiger partial charge in [-0.3, -0.25) is 0 Å². The predicted molar refractivity (Wildman–Crippen MR) is 54.4 cm³/mol. The molecule has 0 aliphatic carbocycles. The maximum absolute atomic E-state index is 5.84. The van der Waals surface area contributed by atoms with Gasteiger partial charge in [0.1, 0.15) is 0 Å². The first kappa shape index (κ1) is 10.0. The molecule has 0 saturated carbocycles. The van der Waals surface area contributed by atoms with Gasteiger partial charge in [0.05, 0.1) is 12.6 Å². The molecule has 3 nitrogen and oxygen atoms in total. The van der Waals surface area contributed by atoms with Gasteiger partial charge < -0.3 is 16.2 Å². The second-order valence-corrected chi connectivity index (χ2v) is 3.18. The van der Waals surface area contributed by atoms with Crippen molar-refractivity contribution >= 4 is 5.69 Å². The number of aryl methyl sites for hydroxylation is 1. The third kappa shape index (κ3) is 2.44. The van der Waals surface area contributed by atoms with Crippen molar-refractivity contribution in [3.63, 3.8) is 0 Å². The number of nitrogens with two attached hydrogens (primary N) is 2. The first-order chi connectivity index (χ1) is 6.15. The average molecular weight is 180 g/mol. The summed E-state index contributed by atoms with van der Waals surface area (Å²) in [5.41, 5.74) is 14.5. The molecule has 0 aliphatic heterocycles. The molecule has 1 atom stereocenters. The van der Waals surface area contributed by atoms with E-state index in [2.05, 4.69) is 0 Å². The second kappa shape index (κ2) is 4.25. The van der Waals surface area contributed by atoms with Crippen LogP contribution in [0.5, 0.6) is 0 Å². The fourth-order valence-corrected chi connectivity index (χ4v) is 1.17. The van der Waals surface area contributed by atoms with E-state index in [1.54, 1.807) is 7.11 Å². The van der Waals surface area contributed by atoms with Crippen LogP contribution in [0.1, 0.15) is 17.2 Å². The Kier molecular flexibility index (Phi) is 3.28. The Morgan fingerprint density at radius 3 is 2.69 bits per heavy atom. The Balaban J connectivity index is 2.84. The molecule has 1 aromatic rings. The van der Waals surface area contributed by atoms with E-state index in [1.807, 2.05) is 25.1 Å². The maximum atomic E-state index is 5.84. The predicted octanol–water partition coefficient (Wildman–Crippen LogP) is 1.22. The largest absolute Gasteiger partial charge is 0.399 e. The third-order valence-corrected chi connectivity index (χ3v) is 2.08. The first-order valence-electron chi connectivity index (χ1n) is 4.25. The van der Waals surface area contributed by atoms with E-state index in [1.165, 1.54) is 0 Å². The minimum atomic E-state index is -0.0899. The molecule has 0 heterocycles. The molecule has 0 aliphatic rings. The van der Waals surface area contributed by atoms with Crippen LogP contribution in [-0.2, 0) is 4.74 Å². The zero-order chi connectivity index (χ0) is 9.84. The van der Waals surface area contributed by atoms with Crippen molar-refractivity contribution in [2.75, 3.05) is 19.5 Å². The van der Waals surface area contributed by atoms with Crippen molar-refractivity contribution in [2.24, 2.45) is 5.73 Å². The molecular formula is C10H16N2O. The van der Waals surface area contributed by atoms with Gasteiger partial charge in [0.25, 0.3) is 0 Å². The molecule has 0 aromatic heterocycles. The summed E-state index contributed by atoms with van der Waals surface area (Å²) in [6.07, 6.45) is 0. The van der Waals surface area contributed by atoms with Crippen LogP contribution in [0.3, 0.4) is 0 Å². The summed E-state index contributed by atoms with van der Waals surface area (Å²) < 4.78 is 4.96. The fraction of sp³-hybridized carbons (Fsp3) is 0.400. The number of anilines is 1. The zero-order valence-electron chi connectivity index (χ0n) is 8.08. The van der Waals surface area contributed by atoms with Crippen LogP contribution >= 0.6 is 0 Å². The van der Waals surface area contributed by atoms with Crippen LogP contribution in [0.15, 0.2) is 18.2 Å². The SMILES string of the molecule is COC[C@H](N)c1ccc(C)c(N)c1. The van der Waals surface area contributed by atoms with E-state index in [9.17, 15) is 0 Å². The number of hydrogen-bond acceptors (Lipinski definition) is 3. The summed E-state index contributed by atoms with van der Waals surface area (Å²) in [5, 5.41) is 0. The van der Waals surface area contributed by atoms with Gasteiger partial charge in [-0.2, -0.15) is 0 Å². The molecule has 1 aromatic carbocycles. The number of rotatable bonds is 3. The lowest BCUT2D eigenvalue weighted by molar-refractivity contribution is 0.181. The Labute approximate surface area is 78.7 Å². The van der Waals surface area contributed by atoms with Crippen molar-refractivity contribution in [1.29, 1.82) is 0 Å². The molecule has 0 spiro atoms. The van der Waals surface area contributed by atoms with Crippen LogP contribution in [0.4, 0.5) is 5.69 Å². The van der Waals surface area contributed by atoms with Crippen LogP contribution < -0.4 is 11.5 Å². The van der Waals surface area contributed by atoms with E-state index >= 15 is 0 Å². The van der Waals surface area contributed by atoms with Gasteiger partial charge in [-0.05, 0) is 24.1 Å². The fourth-order valence-electron chi connectivity index (χ4n) is 1.17. The lowest BCUT2D eigenvalue weighted by Crippen LogP contribution is -2.16. The van der Waals surface area contributed by atoms with E-state index < -0.39 is 0 Å². The van der Waals surface area contributed by atoms with Crippen molar-refractivity contribution in [3.8, 4) is 0 Å².